The molecule has 3 heterocycles. The van der Waals surface area contributed by atoms with E-state index in [1.165, 1.54) is 6.33 Å². The molecule has 108 valence electrons. The second-order valence-corrected chi connectivity index (χ2v) is 4.75. The van der Waals surface area contributed by atoms with E-state index < -0.39 is 0 Å². The van der Waals surface area contributed by atoms with Crippen molar-refractivity contribution in [1.29, 1.82) is 0 Å². The summed E-state index contributed by atoms with van der Waals surface area (Å²) < 4.78 is 5.79. The van der Waals surface area contributed by atoms with Gasteiger partial charge in [-0.05, 0) is 18.9 Å². The molecule has 7 heteroatoms. The number of ether oxygens (including phenoxy) is 1. The van der Waals surface area contributed by atoms with Crippen molar-refractivity contribution in [1.82, 2.24) is 24.8 Å². The van der Waals surface area contributed by atoms with Gasteiger partial charge in [0.05, 0.1) is 6.54 Å². The van der Waals surface area contributed by atoms with Crippen molar-refractivity contribution in [3.05, 3.63) is 42.9 Å². The molecular weight excluding hydrogens is 270 g/mol. The Balaban J connectivity index is 1.64. The third-order valence-corrected chi connectivity index (χ3v) is 3.26. The van der Waals surface area contributed by atoms with E-state index in [9.17, 15) is 4.79 Å². The van der Waals surface area contributed by atoms with E-state index in [1.54, 1.807) is 35.6 Å². The minimum absolute atomic E-state index is 0.0682. The van der Waals surface area contributed by atoms with Crippen molar-refractivity contribution in [2.75, 3.05) is 13.1 Å². The summed E-state index contributed by atoms with van der Waals surface area (Å²) in [5.74, 6) is 0.590. The molecule has 1 fully saturated rings. The molecule has 1 atom stereocenters. The van der Waals surface area contributed by atoms with Gasteiger partial charge in [-0.2, -0.15) is 0 Å². The van der Waals surface area contributed by atoms with Gasteiger partial charge in [-0.1, -0.05) is 0 Å². The maximum Gasteiger partial charge on any atom is 0.291 e. The van der Waals surface area contributed by atoms with Gasteiger partial charge in [-0.15, -0.1) is 0 Å². The van der Waals surface area contributed by atoms with Crippen molar-refractivity contribution in [3.8, 4) is 5.88 Å². The first-order valence-electron chi connectivity index (χ1n) is 6.82. The smallest absolute Gasteiger partial charge is 0.291 e. The predicted octanol–water partition coefficient (Wildman–Crippen LogP) is 0.950. The number of carbonyl (C=O) groups excluding carboxylic acids is 1. The van der Waals surface area contributed by atoms with Crippen molar-refractivity contribution in [2.45, 2.75) is 18.9 Å². The second kappa shape index (κ2) is 6.25. The van der Waals surface area contributed by atoms with Gasteiger partial charge in [0.15, 0.2) is 0 Å². The molecule has 0 unspecified atom stereocenters. The summed E-state index contributed by atoms with van der Waals surface area (Å²) in [5, 5.41) is 0. The Bertz CT molecular complexity index is 593. The average Bonchev–Trinajstić information content (AvgIpc) is 2.56. The molecule has 1 amide bonds. The zero-order valence-corrected chi connectivity index (χ0v) is 11.4. The molecule has 0 N–H and O–H groups in total. The Morgan fingerprint density at radius 3 is 2.86 bits per heavy atom. The van der Waals surface area contributed by atoms with Gasteiger partial charge in [-0.3, -0.25) is 4.79 Å². The van der Waals surface area contributed by atoms with Gasteiger partial charge in [0.25, 0.3) is 5.91 Å². The van der Waals surface area contributed by atoms with Crippen LogP contribution in [0.5, 0.6) is 5.88 Å². The molecule has 0 aromatic carbocycles. The van der Waals surface area contributed by atoms with Crippen molar-refractivity contribution in [3.63, 3.8) is 0 Å². The number of likely N-dealkylation sites (tertiary alicyclic amines) is 1. The predicted molar refractivity (Wildman–Crippen MR) is 73.6 cm³/mol. The molecule has 7 nitrogen and oxygen atoms in total. The summed E-state index contributed by atoms with van der Waals surface area (Å²) >= 11 is 0. The fourth-order valence-electron chi connectivity index (χ4n) is 2.29. The van der Waals surface area contributed by atoms with Crippen LogP contribution in [0.3, 0.4) is 0 Å². The standard InChI is InChI=1S/C14H15N5O2/c20-14(13-16-5-2-6-17-13)19-8-1-3-11(9-19)21-12-4-7-15-10-18-12/h2,4-7,10-11H,1,3,8-9H2/t11-/m1/s1. The molecule has 0 aliphatic carbocycles. The van der Waals surface area contributed by atoms with E-state index in [2.05, 4.69) is 19.9 Å². The highest BCUT2D eigenvalue weighted by molar-refractivity contribution is 5.90. The maximum atomic E-state index is 12.3. The first-order chi connectivity index (χ1) is 10.3. The molecule has 1 aliphatic rings. The van der Waals surface area contributed by atoms with Crippen molar-refractivity contribution >= 4 is 5.91 Å². The van der Waals surface area contributed by atoms with Gasteiger partial charge in [-0.25, -0.2) is 19.9 Å². The van der Waals surface area contributed by atoms with Crippen LogP contribution in [-0.2, 0) is 0 Å². The Hall–Kier alpha value is -2.57. The fourth-order valence-corrected chi connectivity index (χ4v) is 2.29. The molecule has 0 spiro atoms. The first-order valence-corrected chi connectivity index (χ1v) is 6.82. The number of hydrogen-bond donors (Lipinski definition) is 0. The highest BCUT2D eigenvalue weighted by atomic mass is 16.5. The quantitative estimate of drug-likeness (QED) is 0.835. The minimum atomic E-state index is -0.161. The third-order valence-electron chi connectivity index (χ3n) is 3.26. The van der Waals surface area contributed by atoms with Gasteiger partial charge in [0.1, 0.15) is 12.4 Å². The Morgan fingerprint density at radius 2 is 2.10 bits per heavy atom. The lowest BCUT2D eigenvalue weighted by Crippen LogP contribution is -2.44. The number of amides is 1. The van der Waals surface area contributed by atoms with Gasteiger partial charge < -0.3 is 9.64 Å². The third kappa shape index (κ3) is 3.31. The molecule has 21 heavy (non-hydrogen) atoms. The highest BCUT2D eigenvalue weighted by Gasteiger charge is 2.27. The summed E-state index contributed by atoms with van der Waals surface area (Å²) in [6.45, 7) is 1.21. The molecule has 0 bridgehead atoms. The zero-order valence-electron chi connectivity index (χ0n) is 11.4. The summed E-state index contributed by atoms with van der Waals surface area (Å²) in [4.78, 5) is 29.9. The maximum absolute atomic E-state index is 12.3. The molecule has 0 saturated carbocycles. The van der Waals surface area contributed by atoms with E-state index in [4.69, 9.17) is 4.74 Å². The summed E-state index contributed by atoms with van der Waals surface area (Å²) in [6, 6.07) is 3.40. The van der Waals surface area contributed by atoms with Gasteiger partial charge >= 0.3 is 0 Å². The van der Waals surface area contributed by atoms with E-state index in [0.29, 0.717) is 19.0 Å². The van der Waals surface area contributed by atoms with E-state index in [1.807, 2.05) is 0 Å². The lowest BCUT2D eigenvalue weighted by molar-refractivity contribution is 0.0516. The molecule has 1 aliphatic heterocycles. The number of piperidine rings is 1. The van der Waals surface area contributed by atoms with E-state index >= 15 is 0 Å². The molecule has 3 rings (SSSR count). The number of hydrogen-bond acceptors (Lipinski definition) is 6. The Morgan fingerprint density at radius 1 is 1.24 bits per heavy atom. The second-order valence-electron chi connectivity index (χ2n) is 4.75. The lowest BCUT2D eigenvalue weighted by Gasteiger charge is -2.32. The van der Waals surface area contributed by atoms with Crippen LogP contribution in [0.25, 0.3) is 0 Å². The van der Waals surface area contributed by atoms with Crippen LogP contribution in [0, 0.1) is 0 Å². The van der Waals surface area contributed by atoms with E-state index in [-0.39, 0.29) is 17.8 Å². The van der Waals surface area contributed by atoms with Gasteiger partial charge in [0.2, 0.25) is 11.7 Å². The number of aromatic nitrogens is 4. The lowest BCUT2D eigenvalue weighted by atomic mass is 10.1. The highest BCUT2D eigenvalue weighted by Crippen LogP contribution is 2.17. The van der Waals surface area contributed by atoms with Crippen LogP contribution in [-0.4, -0.2) is 49.9 Å². The minimum Gasteiger partial charge on any atom is -0.472 e. The van der Waals surface area contributed by atoms with Gasteiger partial charge in [0, 0.05) is 31.2 Å². The van der Waals surface area contributed by atoms with Crippen LogP contribution in [0.15, 0.2) is 37.1 Å². The summed E-state index contributed by atoms with van der Waals surface area (Å²) in [7, 11) is 0. The topological polar surface area (TPSA) is 81.1 Å². The molecule has 1 saturated heterocycles. The monoisotopic (exact) mass is 285 g/mol. The number of nitrogens with zero attached hydrogens (tertiary/aromatic N) is 5. The van der Waals surface area contributed by atoms with Crippen LogP contribution in [0.4, 0.5) is 0 Å². The number of carbonyl (C=O) groups is 1. The Labute approximate surface area is 122 Å². The summed E-state index contributed by atoms with van der Waals surface area (Å²) in [6.07, 6.45) is 7.92. The Kier molecular flexibility index (Phi) is 3.99. The largest absolute Gasteiger partial charge is 0.472 e. The fraction of sp³-hybridized carbons (Fsp3) is 0.357. The molecule has 2 aromatic rings. The van der Waals surface area contributed by atoms with Crippen molar-refractivity contribution < 1.29 is 9.53 Å². The number of rotatable bonds is 3. The average molecular weight is 285 g/mol. The first kappa shape index (κ1) is 13.4. The van der Waals surface area contributed by atoms with Crippen LogP contribution in [0.2, 0.25) is 0 Å². The SMILES string of the molecule is O=C(c1ncccn1)N1CCC[C@@H](Oc2ccncn2)C1. The molecule has 2 aromatic heterocycles. The van der Waals surface area contributed by atoms with Crippen LogP contribution < -0.4 is 4.74 Å². The summed E-state index contributed by atoms with van der Waals surface area (Å²) in [5.41, 5.74) is 0. The van der Waals surface area contributed by atoms with E-state index in [0.717, 1.165) is 12.8 Å². The molecule has 0 radical (unpaired) electrons. The van der Waals surface area contributed by atoms with Crippen LogP contribution >= 0.6 is 0 Å². The molecular formula is C14H15N5O2. The normalized spacial score (nSPS) is 18.3. The van der Waals surface area contributed by atoms with Crippen molar-refractivity contribution in [2.24, 2.45) is 0 Å². The zero-order chi connectivity index (χ0) is 14.5. The van der Waals surface area contributed by atoms with Crippen LogP contribution in [0.1, 0.15) is 23.5 Å².